The maximum Gasteiger partial charge on any atom is 0.338 e. The van der Waals surface area contributed by atoms with Gasteiger partial charge in [-0.2, -0.15) is 5.48 Å². The Hall–Kier alpha value is -1.92. The van der Waals surface area contributed by atoms with Crippen LogP contribution >= 0.6 is 0 Å². The number of aromatic amines is 1. The molecule has 2 aromatic rings. The molecule has 0 bridgehead atoms. The first-order valence-electron chi connectivity index (χ1n) is 5.17. The Kier molecular flexibility index (Phi) is 3.69. The molecule has 0 fully saturated rings. The molecule has 0 aliphatic heterocycles. The smallest absolute Gasteiger partial charge is 0.338 e. The second-order valence-electron chi connectivity index (χ2n) is 3.37. The number of rotatable bonds is 5. The van der Waals surface area contributed by atoms with E-state index in [-0.39, 0.29) is 12.6 Å². The summed E-state index contributed by atoms with van der Waals surface area (Å²) in [5.41, 5.74) is 4.72. The molecule has 0 amide bonds. The van der Waals surface area contributed by atoms with Gasteiger partial charge in [0.25, 0.3) is 0 Å². The molecule has 90 valence electrons. The van der Waals surface area contributed by atoms with Crippen LogP contribution in [0.3, 0.4) is 0 Å². The second kappa shape index (κ2) is 5.42. The molecule has 17 heavy (non-hydrogen) atoms. The van der Waals surface area contributed by atoms with Crippen molar-refractivity contribution in [2.75, 3.05) is 20.3 Å². The lowest BCUT2D eigenvalue weighted by atomic mass is 10.2. The number of nitrogens with one attached hydrogen (secondary N) is 2. The van der Waals surface area contributed by atoms with Crippen LogP contribution < -0.4 is 5.48 Å². The van der Waals surface area contributed by atoms with Crippen LogP contribution in [0.2, 0.25) is 0 Å². The van der Waals surface area contributed by atoms with Gasteiger partial charge in [0.05, 0.1) is 36.6 Å². The summed E-state index contributed by atoms with van der Waals surface area (Å²) in [6.07, 6.45) is 1.59. The van der Waals surface area contributed by atoms with Gasteiger partial charge >= 0.3 is 5.97 Å². The number of esters is 1. The van der Waals surface area contributed by atoms with Crippen LogP contribution in [0, 0.1) is 0 Å². The minimum absolute atomic E-state index is 0.258. The molecule has 2 rings (SSSR count). The summed E-state index contributed by atoms with van der Waals surface area (Å²) < 4.78 is 5.04. The zero-order chi connectivity index (χ0) is 12.1. The molecule has 2 N–H and O–H groups in total. The highest BCUT2D eigenvalue weighted by Gasteiger charge is 2.08. The predicted molar refractivity (Wildman–Crippen MR) is 61.4 cm³/mol. The van der Waals surface area contributed by atoms with Crippen molar-refractivity contribution in [1.82, 2.24) is 15.4 Å². The molecular weight excluding hydrogens is 222 g/mol. The summed E-state index contributed by atoms with van der Waals surface area (Å²) in [6.45, 7) is 0.711. The molecule has 1 aromatic carbocycles. The van der Waals surface area contributed by atoms with Crippen LogP contribution in [0.4, 0.5) is 0 Å². The van der Waals surface area contributed by atoms with Crippen molar-refractivity contribution in [1.29, 1.82) is 0 Å². The van der Waals surface area contributed by atoms with E-state index in [0.717, 1.165) is 11.0 Å². The minimum Gasteiger partial charge on any atom is -0.461 e. The average Bonchev–Trinajstić information content (AvgIpc) is 2.81. The molecule has 0 unspecified atom stereocenters. The Morgan fingerprint density at radius 3 is 3.24 bits per heavy atom. The van der Waals surface area contributed by atoms with Gasteiger partial charge in [-0.1, -0.05) is 0 Å². The largest absolute Gasteiger partial charge is 0.461 e. The third kappa shape index (κ3) is 2.80. The topological polar surface area (TPSA) is 76.2 Å². The van der Waals surface area contributed by atoms with Gasteiger partial charge in [-0.15, -0.1) is 0 Å². The van der Waals surface area contributed by atoms with Crippen molar-refractivity contribution in [2.45, 2.75) is 0 Å². The third-order valence-electron chi connectivity index (χ3n) is 2.24. The SMILES string of the molecule is CONCCOC(=O)c1ccc2nc[nH]c2c1. The summed E-state index contributed by atoms with van der Waals surface area (Å²) in [4.78, 5) is 23.3. The molecule has 0 spiro atoms. The lowest BCUT2D eigenvalue weighted by Gasteiger charge is -2.04. The van der Waals surface area contributed by atoms with Crippen molar-refractivity contribution in [2.24, 2.45) is 0 Å². The van der Waals surface area contributed by atoms with Gasteiger partial charge in [0.15, 0.2) is 0 Å². The van der Waals surface area contributed by atoms with E-state index >= 15 is 0 Å². The molecule has 6 heteroatoms. The van der Waals surface area contributed by atoms with Crippen LogP contribution in [0.1, 0.15) is 10.4 Å². The zero-order valence-electron chi connectivity index (χ0n) is 9.40. The van der Waals surface area contributed by atoms with E-state index in [9.17, 15) is 4.79 Å². The first-order valence-corrected chi connectivity index (χ1v) is 5.17. The predicted octanol–water partition coefficient (Wildman–Crippen LogP) is 0.871. The van der Waals surface area contributed by atoms with E-state index < -0.39 is 0 Å². The van der Waals surface area contributed by atoms with Crippen molar-refractivity contribution >= 4 is 17.0 Å². The van der Waals surface area contributed by atoms with Gasteiger partial charge < -0.3 is 14.6 Å². The Bertz CT molecular complexity index is 509. The standard InChI is InChI=1S/C11H13N3O3/c1-16-14-4-5-17-11(15)8-2-3-9-10(6-8)13-7-12-9/h2-3,6-7,14H,4-5H2,1H3,(H,12,13). The molecule has 0 atom stereocenters. The number of aromatic nitrogens is 2. The molecule has 6 nitrogen and oxygen atoms in total. The number of carbonyl (C=O) groups excluding carboxylic acids is 1. The van der Waals surface area contributed by atoms with Gasteiger partial charge in [0.2, 0.25) is 0 Å². The van der Waals surface area contributed by atoms with Crippen LogP contribution in [0.25, 0.3) is 11.0 Å². The molecule has 0 aliphatic carbocycles. The Labute approximate surface area is 97.9 Å². The number of hydrogen-bond donors (Lipinski definition) is 2. The van der Waals surface area contributed by atoms with E-state index in [1.807, 2.05) is 0 Å². The van der Waals surface area contributed by atoms with Gasteiger partial charge in [-0.05, 0) is 18.2 Å². The van der Waals surface area contributed by atoms with Crippen molar-refractivity contribution < 1.29 is 14.4 Å². The van der Waals surface area contributed by atoms with E-state index in [0.29, 0.717) is 12.1 Å². The maximum absolute atomic E-state index is 11.6. The maximum atomic E-state index is 11.6. The number of ether oxygens (including phenoxy) is 1. The number of fused-ring (bicyclic) bond motifs is 1. The minimum atomic E-state index is -0.362. The normalized spacial score (nSPS) is 10.6. The van der Waals surface area contributed by atoms with Gasteiger partial charge in [0, 0.05) is 0 Å². The summed E-state index contributed by atoms with van der Waals surface area (Å²) in [7, 11) is 1.51. The molecule has 0 saturated carbocycles. The van der Waals surface area contributed by atoms with E-state index in [4.69, 9.17) is 4.74 Å². The highest BCUT2D eigenvalue weighted by atomic mass is 16.6. The van der Waals surface area contributed by atoms with Crippen LogP contribution in [0.15, 0.2) is 24.5 Å². The van der Waals surface area contributed by atoms with E-state index in [1.165, 1.54) is 7.11 Å². The van der Waals surface area contributed by atoms with Gasteiger partial charge in [-0.25, -0.2) is 9.78 Å². The number of H-pyrrole nitrogens is 1. The van der Waals surface area contributed by atoms with E-state index in [1.54, 1.807) is 24.5 Å². The quantitative estimate of drug-likeness (QED) is 0.457. The Balaban J connectivity index is 1.98. The zero-order valence-corrected chi connectivity index (χ0v) is 9.40. The monoisotopic (exact) mass is 235 g/mol. The highest BCUT2D eigenvalue weighted by molar-refractivity contribution is 5.93. The van der Waals surface area contributed by atoms with Crippen molar-refractivity contribution in [3.63, 3.8) is 0 Å². The first kappa shape index (κ1) is 11.6. The van der Waals surface area contributed by atoms with Crippen LogP contribution in [-0.4, -0.2) is 36.2 Å². The van der Waals surface area contributed by atoms with Gasteiger partial charge in [0.1, 0.15) is 6.61 Å². The lowest BCUT2D eigenvalue weighted by molar-refractivity contribution is 0.0380. The molecule has 1 aromatic heterocycles. The number of hydroxylamine groups is 1. The Morgan fingerprint density at radius 2 is 2.41 bits per heavy atom. The number of nitrogens with zero attached hydrogens (tertiary/aromatic N) is 1. The van der Waals surface area contributed by atoms with Crippen molar-refractivity contribution in [3.05, 3.63) is 30.1 Å². The number of carbonyl (C=O) groups is 1. The highest BCUT2D eigenvalue weighted by Crippen LogP contribution is 2.12. The third-order valence-corrected chi connectivity index (χ3v) is 2.24. The van der Waals surface area contributed by atoms with Crippen molar-refractivity contribution in [3.8, 4) is 0 Å². The lowest BCUT2D eigenvalue weighted by Crippen LogP contribution is -2.20. The number of hydrogen-bond acceptors (Lipinski definition) is 5. The molecular formula is C11H13N3O3. The molecule has 1 heterocycles. The second-order valence-corrected chi connectivity index (χ2v) is 3.37. The average molecular weight is 235 g/mol. The van der Waals surface area contributed by atoms with Crippen LogP contribution in [0.5, 0.6) is 0 Å². The fourth-order valence-corrected chi connectivity index (χ4v) is 1.43. The van der Waals surface area contributed by atoms with Crippen LogP contribution in [-0.2, 0) is 9.57 Å². The fraction of sp³-hybridized carbons (Fsp3) is 0.273. The Morgan fingerprint density at radius 1 is 1.53 bits per heavy atom. The van der Waals surface area contributed by atoms with Gasteiger partial charge in [-0.3, -0.25) is 0 Å². The first-order chi connectivity index (χ1) is 8.31. The molecule has 0 saturated heterocycles. The number of benzene rings is 1. The summed E-state index contributed by atoms with van der Waals surface area (Å²) in [5.74, 6) is -0.362. The summed E-state index contributed by atoms with van der Waals surface area (Å²) in [5, 5.41) is 0. The van der Waals surface area contributed by atoms with E-state index in [2.05, 4.69) is 20.3 Å². The molecule has 0 aliphatic rings. The fourth-order valence-electron chi connectivity index (χ4n) is 1.43. The number of imidazole rings is 1. The summed E-state index contributed by atoms with van der Waals surface area (Å²) >= 11 is 0. The molecule has 0 radical (unpaired) electrons. The summed E-state index contributed by atoms with van der Waals surface area (Å²) in [6, 6.07) is 5.18.